The van der Waals surface area contributed by atoms with Gasteiger partial charge in [0, 0.05) is 52.2 Å². The Morgan fingerprint density at radius 3 is 2.53 bits per heavy atom. The summed E-state index contributed by atoms with van der Waals surface area (Å²) in [5, 5.41) is 13.6. The number of piperazine rings is 1. The Morgan fingerprint density at radius 1 is 1.03 bits per heavy atom. The highest BCUT2D eigenvalue weighted by atomic mass is 32.2. The van der Waals surface area contributed by atoms with Crippen LogP contribution in [0.1, 0.15) is 24.0 Å². The van der Waals surface area contributed by atoms with Crippen LogP contribution in [0.25, 0.3) is 0 Å². The van der Waals surface area contributed by atoms with E-state index in [-0.39, 0.29) is 29.5 Å². The Bertz CT molecular complexity index is 1090. The van der Waals surface area contributed by atoms with Crippen molar-refractivity contribution in [2.24, 2.45) is 0 Å². The van der Waals surface area contributed by atoms with Gasteiger partial charge in [0.1, 0.15) is 17.3 Å². The van der Waals surface area contributed by atoms with Gasteiger partial charge in [0.15, 0.2) is 5.78 Å². The molecule has 0 saturated carbocycles. The minimum Gasteiger partial charge on any atom is -0.484 e. The zero-order valence-corrected chi connectivity index (χ0v) is 20.2. The number of fused-ring (bicyclic) bond motifs is 1. The summed E-state index contributed by atoms with van der Waals surface area (Å²) in [6.45, 7) is 4.00. The number of benzene rings is 2. The fourth-order valence-corrected chi connectivity index (χ4v) is 6.04. The van der Waals surface area contributed by atoms with Crippen LogP contribution in [-0.2, 0) is 27.8 Å². The number of Topliss-reactive ketones (excluding diaryl/α,β-unsaturated/α-hetero) is 1. The van der Waals surface area contributed by atoms with E-state index in [1.54, 1.807) is 18.2 Å². The second kappa shape index (κ2) is 11.4. The predicted octanol–water partition coefficient (Wildman–Crippen LogP) is 1.43. The van der Waals surface area contributed by atoms with E-state index in [4.69, 9.17) is 4.74 Å². The zero-order chi connectivity index (χ0) is 24.0. The number of ketones is 1. The van der Waals surface area contributed by atoms with E-state index in [1.165, 1.54) is 21.5 Å². The molecule has 0 spiro atoms. The molecule has 2 aromatic carbocycles. The van der Waals surface area contributed by atoms with Crippen LogP contribution in [0.3, 0.4) is 0 Å². The number of rotatable bonds is 10. The van der Waals surface area contributed by atoms with Crippen molar-refractivity contribution < 1.29 is 23.1 Å². The lowest BCUT2D eigenvalue weighted by Crippen LogP contribution is -2.46. The molecule has 8 nitrogen and oxygen atoms in total. The van der Waals surface area contributed by atoms with E-state index >= 15 is 0 Å². The van der Waals surface area contributed by atoms with Crippen molar-refractivity contribution in [1.29, 1.82) is 0 Å². The molecule has 9 heteroatoms. The number of carbonyl (C=O) groups excluding carboxylic acids is 1. The van der Waals surface area contributed by atoms with Crippen molar-refractivity contribution in [3.63, 3.8) is 0 Å². The molecule has 34 heavy (non-hydrogen) atoms. The van der Waals surface area contributed by atoms with Crippen molar-refractivity contribution in [3.8, 4) is 5.75 Å². The highest BCUT2D eigenvalue weighted by Crippen LogP contribution is 2.27. The van der Waals surface area contributed by atoms with E-state index in [9.17, 15) is 18.3 Å². The number of nitrogens with zero attached hydrogens (tertiary/aromatic N) is 2. The van der Waals surface area contributed by atoms with Crippen LogP contribution in [0.4, 0.5) is 0 Å². The van der Waals surface area contributed by atoms with Gasteiger partial charge in [-0.05, 0) is 36.1 Å². The fraction of sp³-hybridized carbons (Fsp3) is 0.480. The summed E-state index contributed by atoms with van der Waals surface area (Å²) in [5.41, 5.74) is 2.65. The number of aliphatic hydroxyl groups excluding tert-OH is 1. The lowest BCUT2D eigenvalue weighted by molar-refractivity contribution is -0.121. The fourth-order valence-electron chi connectivity index (χ4n) is 4.46. The number of carbonyl (C=O) groups is 1. The first-order valence-corrected chi connectivity index (χ1v) is 13.3. The first-order valence-electron chi connectivity index (χ1n) is 11.8. The lowest BCUT2D eigenvalue weighted by Gasteiger charge is -2.30. The molecule has 1 unspecified atom stereocenters. The summed E-state index contributed by atoms with van der Waals surface area (Å²) in [4.78, 5) is 14.7. The topological polar surface area (TPSA) is 99.2 Å². The van der Waals surface area contributed by atoms with Gasteiger partial charge >= 0.3 is 0 Å². The van der Waals surface area contributed by atoms with Crippen molar-refractivity contribution in [1.82, 2.24) is 14.5 Å². The minimum absolute atomic E-state index is 0.0788. The second-order valence-corrected chi connectivity index (χ2v) is 10.8. The Kier molecular flexibility index (Phi) is 8.33. The number of para-hydroxylation sites is 1. The number of β-amino-alcohol motifs (C(OH)–C–C–N with tert-alkyl or cyclic N) is 1. The van der Waals surface area contributed by atoms with Gasteiger partial charge in [0.25, 0.3) is 0 Å². The third kappa shape index (κ3) is 6.22. The minimum atomic E-state index is -3.69. The van der Waals surface area contributed by atoms with Crippen LogP contribution in [0.15, 0.2) is 53.4 Å². The largest absolute Gasteiger partial charge is 0.484 e. The molecule has 2 aliphatic rings. The van der Waals surface area contributed by atoms with Gasteiger partial charge < -0.3 is 15.2 Å². The Balaban J connectivity index is 1.25. The Hall–Kier alpha value is -2.30. The molecular formula is C25H33N3O5S. The van der Waals surface area contributed by atoms with Crippen LogP contribution in [0.2, 0.25) is 0 Å². The number of sulfonamides is 1. The highest BCUT2D eigenvalue weighted by Gasteiger charge is 2.29. The second-order valence-electron chi connectivity index (χ2n) is 8.87. The number of hydrogen-bond donors (Lipinski definition) is 2. The molecule has 2 aromatic rings. The van der Waals surface area contributed by atoms with Gasteiger partial charge in [0.05, 0.1) is 6.10 Å². The molecule has 1 saturated heterocycles. The molecule has 0 aromatic heterocycles. The maximum atomic E-state index is 13.0. The molecule has 2 N–H and O–H groups in total. The summed E-state index contributed by atoms with van der Waals surface area (Å²) in [7, 11) is -3.69. The highest BCUT2D eigenvalue weighted by molar-refractivity contribution is 7.89. The maximum Gasteiger partial charge on any atom is 0.246 e. The monoisotopic (exact) mass is 487 g/mol. The molecule has 0 bridgehead atoms. The van der Waals surface area contributed by atoms with Gasteiger partial charge in [-0.1, -0.05) is 36.4 Å². The van der Waals surface area contributed by atoms with E-state index in [0.29, 0.717) is 39.1 Å². The summed E-state index contributed by atoms with van der Waals surface area (Å²) in [5.74, 6) is 0.0133. The van der Waals surface area contributed by atoms with Gasteiger partial charge in [-0.25, -0.2) is 8.42 Å². The van der Waals surface area contributed by atoms with Crippen molar-refractivity contribution in [3.05, 3.63) is 59.7 Å². The van der Waals surface area contributed by atoms with Crippen LogP contribution in [0.5, 0.6) is 5.75 Å². The molecule has 1 fully saturated rings. The number of nitrogens with one attached hydrogen (secondary N) is 1. The van der Waals surface area contributed by atoms with Crippen LogP contribution in [-0.4, -0.2) is 80.5 Å². The standard InChI is InChI=1S/C25H33N3O5S/c29-22(18-27-14-11-20-5-1-2-6-21(20)17-27)9-10-23(30)19-33-24-7-3-4-8-25(24)34(31,32)28-15-12-26-13-16-28/h1-8,22,26,29H,9-19H2. The molecule has 4 rings (SSSR count). The molecule has 2 heterocycles. The third-order valence-electron chi connectivity index (χ3n) is 6.37. The molecule has 1 atom stereocenters. The van der Waals surface area contributed by atoms with Crippen LogP contribution in [0, 0.1) is 0 Å². The Morgan fingerprint density at radius 2 is 1.74 bits per heavy atom. The number of ether oxygens (including phenoxy) is 1. The SMILES string of the molecule is O=C(CCC(O)CN1CCc2ccccc2C1)COc1ccccc1S(=O)(=O)N1CCNCC1. The van der Waals surface area contributed by atoms with Crippen molar-refractivity contribution in [2.75, 3.05) is 45.9 Å². The summed E-state index contributed by atoms with van der Waals surface area (Å²) in [6, 6.07) is 14.8. The average molecular weight is 488 g/mol. The van der Waals surface area contributed by atoms with Gasteiger partial charge in [-0.2, -0.15) is 4.31 Å². The van der Waals surface area contributed by atoms with Crippen molar-refractivity contribution >= 4 is 15.8 Å². The Labute approximate surface area is 201 Å². The van der Waals surface area contributed by atoms with Gasteiger partial charge in [-0.3, -0.25) is 9.69 Å². The van der Waals surface area contributed by atoms with Gasteiger partial charge in [0.2, 0.25) is 10.0 Å². The molecule has 0 radical (unpaired) electrons. The number of hydrogen-bond acceptors (Lipinski definition) is 7. The van der Waals surface area contributed by atoms with Crippen LogP contribution >= 0.6 is 0 Å². The van der Waals surface area contributed by atoms with Crippen molar-refractivity contribution in [2.45, 2.75) is 36.8 Å². The lowest BCUT2D eigenvalue weighted by atomic mass is 9.99. The molecule has 2 aliphatic heterocycles. The maximum absolute atomic E-state index is 13.0. The van der Waals surface area contributed by atoms with E-state index in [0.717, 1.165) is 19.5 Å². The van der Waals surface area contributed by atoms with E-state index in [2.05, 4.69) is 28.4 Å². The molecule has 0 aliphatic carbocycles. The summed E-state index contributed by atoms with van der Waals surface area (Å²) >= 11 is 0. The zero-order valence-electron chi connectivity index (χ0n) is 19.4. The third-order valence-corrected chi connectivity index (χ3v) is 8.30. The smallest absolute Gasteiger partial charge is 0.246 e. The van der Waals surface area contributed by atoms with E-state index < -0.39 is 16.1 Å². The number of aliphatic hydroxyl groups is 1. The quantitative estimate of drug-likeness (QED) is 0.523. The normalized spacial score (nSPS) is 18.3. The summed E-state index contributed by atoms with van der Waals surface area (Å²) < 4.78 is 33.1. The first-order chi connectivity index (χ1) is 16.4. The molecule has 0 amide bonds. The summed E-state index contributed by atoms with van der Waals surface area (Å²) in [6.07, 6.45) is 0.889. The van der Waals surface area contributed by atoms with Crippen LogP contribution < -0.4 is 10.1 Å². The first kappa shape index (κ1) is 24.8. The molecule has 184 valence electrons. The predicted molar refractivity (Wildman–Crippen MR) is 129 cm³/mol. The van der Waals surface area contributed by atoms with E-state index in [1.807, 2.05) is 6.07 Å². The average Bonchev–Trinajstić information content (AvgIpc) is 2.87. The van der Waals surface area contributed by atoms with Gasteiger partial charge in [-0.15, -0.1) is 0 Å². The molecular weight excluding hydrogens is 454 g/mol.